The van der Waals surface area contributed by atoms with Crippen molar-refractivity contribution in [3.63, 3.8) is 0 Å². The third-order valence-corrected chi connectivity index (χ3v) is 3.85. The van der Waals surface area contributed by atoms with E-state index < -0.39 is 5.92 Å². The first-order valence-corrected chi connectivity index (χ1v) is 6.84. The van der Waals surface area contributed by atoms with Gasteiger partial charge in [0.1, 0.15) is 0 Å². The molecule has 110 valence electrons. The number of carbonyl (C=O) groups is 1. The van der Waals surface area contributed by atoms with E-state index in [-0.39, 0.29) is 17.8 Å². The molecule has 0 aromatic heterocycles. The summed E-state index contributed by atoms with van der Waals surface area (Å²) in [5, 5.41) is 11.8. The Morgan fingerprint density at radius 1 is 1.63 bits per heavy atom. The molecule has 6 nitrogen and oxygen atoms in total. The quantitative estimate of drug-likeness (QED) is 0.338. The van der Waals surface area contributed by atoms with Crippen LogP contribution >= 0.6 is 0 Å². The van der Waals surface area contributed by atoms with E-state index in [2.05, 4.69) is 12.1 Å². The van der Waals surface area contributed by atoms with Gasteiger partial charge in [-0.05, 0) is 18.8 Å². The number of likely N-dealkylation sites (tertiary alicyclic amines) is 1. The van der Waals surface area contributed by atoms with Crippen LogP contribution < -0.4 is 5.73 Å². The molecule has 0 saturated carbocycles. The van der Waals surface area contributed by atoms with Crippen LogP contribution in [0, 0.1) is 11.8 Å². The van der Waals surface area contributed by atoms with E-state index in [4.69, 9.17) is 15.7 Å². The Morgan fingerprint density at radius 3 is 2.84 bits per heavy atom. The average molecular weight is 271 g/mol. The minimum Gasteiger partial charge on any atom is -0.409 e. The van der Waals surface area contributed by atoms with Crippen molar-refractivity contribution in [2.24, 2.45) is 22.7 Å². The number of rotatable bonds is 5. The number of piperidine rings is 1. The normalized spacial score (nSPS) is 26.3. The summed E-state index contributed by atoms with van der Waals surface area (Å²) in [5.41, 5.74) is 5.63. The molecular formula is C13H25N3O3. The average Bonchev–Trinajstić information content (AvgIpc) is 2.43. The second-order valence-corrected chi connectivity index (χ2v) is 5.19. The smallest absolute Gasteiger partial charge is 0.233 e. The summed E-state index contributed by atoms with van der Waals surface area (Å²) in [6.45, 7) is 5.39. The van der Waals surface area contributed by atoms with Crippen molar-refractivity contribution in [2.45, 2.75) is 39.2 Å². The molecule has 0 aromatic carbocycles. The lowest BCUT2D eigenvalue weighted by Crippen LogP contribution is -2.50. The maximum absolute atomic E-state index is 12.5. The molecule has 1 saturated heterocycles. The fraction of sp³-hybridized carbons (Fsp3) is 0.846. The fourth-order valence-electron chi connectivity index (χ4n) is 2.52. The topological polar surface area (TPSA) is 88.2 Å². The van der Waals surface area contributed by atoms with Gasteiger partial charge in [0.05, 0.1) is 12.0 Å². The highest BCUT2D eigenvalue weighted by molar-refractivity contribution is 6.02. The number of amides is 1. The number of nitrogens with two attached hydrogens (primary N) is 1. The fourth-order valence-corrected chi connectivity index (χ4v) is 2.52. The summed E-state index contributed by atoms with van der Waals surface area (Å²) >= 11 is 0. The Bertz CT molecular complexity index is 333. The lowest BCUT2D eigenvalue weighted by molar-refractivity contribution is -0.138. The molecule has 0 bridgehead atoms. The predicted molar refractivity (Wildman–Crippen MR) is 73.0 cm³/mol. The highest BCUT2D eigenvalue weighted by Gasteiger charge is 2.33. The molecule has 3 unspecified atom stereocenters. The molecule has 0 aliphatic carbocycles. The molecule has 1 fully saturated rings. The molecule has 0 spiro atoms. The van der Waals surface area contributed by atoms with E-state index in [9.17, 15) is 4.79 Å². The molecular weight excluding hydrogens is 246 g/mol. The minimum absolute atomic E-state index is 0.000520. The molecule has 6 heteroatoms. The largest absolute Gasteiger partial charge is 0.409 e. The maximum atomic E-state index is 12.5. The Balaban J connectivity index is 2.74. The molecule has 0 aromatic rings. The van der Waals surface area contributed by atoms with Gasteiger partial charge in [-0.1, -0.05) is 25.4 Å². The number of hydrogen-bond donors (Lipinski definition) is 2. The third-order valence-electron chi connectivity index (χ3n) is 3.85. The summed E-state index contributed by atoms with van der Waals surface area (Å²) in [5.74, 6) is -0.144. The third kappa shape index (κ3) is 3.83. The highest BCUT2D eigenvalue weighted by Crippen LogP contribution is 2.22. The van der Waals surface area contributed by atoms with Gasteiger partial charge in [0.25, 0.3) is 0 Å². The van der Waals surface area contributed by atoms with Crippen LogP contribution in [0.3, 0.4) is 0 Å². The first-order chi connectivity index (χ1) is 9.04. The number of methoxy groups -OCH3 is 1. The molecule has 1 amide bonds. The van der Waals surface area contributed by atoms with Crippen molar-refractivity contribution in [3.8, 4) is 0 Å². The van der Waals surface area contributed by atoms with E-state index in [1.54, 1.807) is 12.0 Å². The van der Waals surface area contributed by atoms with Gasteiger partial charge >= 0.3 is 0 Å². The summed E-state index contributed by atoms with van der Waals surface area (Å²) in [7, 11) is 1.67. The number of amidine groups is 1. The van der Waals surface area contributed by atoms with Crippen LogP contribution in [-0.4, -0.2) is 48.2 Å². The van der Waals surface area contributed by atoms with Crippen LogP contribution in [0.2, 0.25) is 0 Å². The lowest BCUT2D eigenvalue weighted by atomic mass is 9.93. The molecule has 1 aliphatic rings. The van der Waals surface area contributed by atoms with Crippen molar-refractivity contribution < 1.29 is 14.7 Å². The number of hydrogen-bond acceptors (Lipinski definition) is 4. The minimum atomic E-state index is -0.527. The first-order valence-electron chi connectivity index (χ1n) is 6.84. The molecule has 1 heterocycles. The van der Waals surface area contributed by atoms with Gasteiger partial charge < -0.3 is 20.6 Å². The van der Waals surface area contributed by atoms with Crippen LogP contribution in [0.4, 0.5) is 0 Å². The zero-order valence-electron chi connectivity index (χ0n) is 12.0. The molecule has 1 aliphatic heterocycles. The van der Waals surface area contributed by atoms with Crippen molar-refractivity contribution in [1.82, 2.24) is 4.90 Å². The van der Waals surface area contributed by atoms with E-state index in [0.717, 1.165) is 12.8 Å². The standard InChI is InChI=1S/C13H25N3O3/c1-4-5-10(12(14)15-18)13(17)16-7-6-9(2)11(8-16)19-3/h9-11,18H,4-8H2,1-3H3,(H2,14,15). The molecule has 3 atom stereocenters. The Kier molecular flexibility index (Phi) is 6.08. The van der Waals surface area contributed by atoms with Crippen molar-refractivity contribution in [3.05, 3.63) is 0 Å². The number of carbonyl (C=O) groups excluding carboxylic acids is 1. The van der Waals surface area contributed by atoms with Gasteiger partial charge in [-0.15, -0.1) is 0 Å². The van der Waals surface area contributed by atoms with Crippen LogP contribution in [0.5, 0.6) is 0 Å². The second kappa shape index (κ2) is 7.33. The highest BCUT2D eigenvalue weighted by atomic mass is 16.5. The van der Waals surface area contributed by atoms with Crippen LogP contribution in [0.25, 0.3) is 0 Å². The second-order valence-electron chi connectivity index (χ2n) is 5.19. The van der Waals surface area contributed by atoms with Gasteiger partial charge in [0.2, 0.25) is 5.91 Å². The van der Waals surface area contributed by atoms with E-state index >= 15 is 0 Å². The van der Waals surface area contributed by atoms with Gasteiger partial charge in [-0.2, -0.15) is 0 Å². The molecule has 1 rings (SSSR count). The summed E-state index contributed by atoms with van der Waals surface area (Å²) in [6, 6.07) is 0. The maximum Gasteiger partial charge on any atom is 0.233 e. The van der Waals surface area contributed by atoms with Gasteiger partial charge in [0, 0.05) is 20.2 Å². The van der Waals surface area contributed by atoms with Gasteiger partial charge in [-0.25, -0.2) is 0 Å². The Labute approximate surface area is 114 Å². The Morgan fingerprint density at radius 2 is 2.32 bits per heavy atom. The number of nitrogens with zero attached hydrogens (tertiary/aromatic N) is 2. The van der Waals surface area contributed by atoms with E-state index in [1.807, 2.05) is 6.92 Å². The summed E-state index contributed by atoms with van der Waals surface area (Å²) in [4.78, 5) is 14.2. The Hall–Kier alpha value is -1.30. The van der Waals surface area contributed by atoms with Crippen molar-refractivity contribution in [1.29, 1.82) is 0 Å². The molecule has 19 heavy (non-hydrogen) atoms. The van der Waals surface area contributed by atoms with Crippen molar-refractivity contribution >= 4 is 11.7 Å². The zero-order chi connectivity index (χ0) is 14.4. The van der Waals surface area contributed by atoms with Crippen LogP contribution in [-0.2, 0) is 9.53 Å². The van der Waals surface area contributed by atoms with Crippen LogP contribution in [0.15, 0.2) is 5.16 Å². The van der Waals surface area contributed by atoms with E-state index in [0.29, 0.717) is 25.4 Å². The molecule has 3 N–H and O–H groups in total. The molecule has 0 radical (unpaired) electrons. The monoisotopic (exact) mass is 271 g/mol. The van der Waals surface area contributed by atoms with Gasteiger partial charge in [-0.3, -0.25) is 4.79 Å². The number of ether oxygens (including phenoxy) is 1. The first kappa shape index (κ1) is 15.8. The SMILES string of the molecule is CCCC(C(=O)N1CCC(C)C(OC)C1)C(N)=NO. The predicted octanol–water partition coefficient (Wildman–Crippen LogP) is 1.03. The zero-order valence-corrected chi connectivity index (χ0v) is 12.0. The summed E-state index contributed by atoms with van der Waals surface area (Å²) in [6.07, 6.45) is 2.38. The van der Waals surface area contributed by atoms with E-state index in [1.165, 1.54) is 0 Å². The van der Waals surface area contributed by atoms with Gasteiger partial charge in [0.15, 0.2) is 5.84 Å². The summed E-state index contributed by atoms with van der Waals surface area (Å²) < 4.78 is 5.41. The van der Waals surface area contributed by atoms with Crippen LogP contribution in [0.1, 0.15) is 33.1 Å². The number of oxime groups is 1. The van der Waals surface area contributed by atoms with Crippen molar-refractivity contribution in [2.75, 3.05) is 20.2 Å². The lowest BCUT2D eigenvalue weighted by Gasteiger charge is -2.37.